The standard InChI is InChI=1S/C34H33N5O8/c1-16(2)25-31-39-26(30-36-22(15-45-30)32(42)43-3)27(47-31)34-18-7-4-5-8-20(18)37-33(34)46-23-11-10-17(13-19(23)34)14-21(28(40)38-25)35-29(41)24-9-6-12-44-24/h4-5,7-8,10-11,13,15-16,21,24-25,33,37H,6,9,12,14H2,1-3H3,(H,35,41)(H,38,40)/t21-,24-,25-,33?,34-/m0/s1. The van der Waals surface area contributed by atoms with E-state index >= 15 is 0 Å². The third kappa shape index (κ3) is 4.51. The van der Waals surface area contributed by atoms with Crippen LogP contribution in [0.2, 0.25) is 0 Å². The summed E-state index contributed by atoms with van der Waals surface area (Å²) in [6, 6.07) is 12.0. The molecule has 4 aliphatic heterocycles. The smallest absolute Gasteiger partial charge is 0.360 e. The summed E-state index contributed by atoms with van der Waals surface area (Å²) in [5, 5.41) is 9.56. The first kappa shape index (κ1) is 29.2. The summed E-state index contributed by atoms with van der Waals surface area (Å²) >= 11 is 0. The molecule has 8 rings (SSSR count). The van der Waals surface area contributed by atoms with E-state index in [1.54, 1.807) is 0 Å². The van der Waals surface area contributed by atoms with Gasteiger partial charge in [0.05, 0.1) is 7.11 Å². The highest BCUT2D eigenvalue weighted by molar-refractivity contribution is 5.90. The zero-order chi connectivity index (χ0) is 32.4. The molecular formula is C34H33N5O8. The van der Waals surface area contributed by atoms with Crippen molar-refractivity contribution in [2.24, 2.45) is 5.92 Å². The highest BCUT2D eigenvalue weighted by Gasteiger charge is 2.61. The Kier molecular flexibility index (Phi) is 6.83. The van der Waals surface area contributed by atoms with Gasteiger partial charge in [0, 0.05) is 24.3 Å². The lowest BCUT2D eigenvalue weighted by Gasteiger charge is -2.29. The average Bonchev–Trinajstić information content (AvgIpc) is 3.89. The second kappa shape index (κ2) is 11.0. The van der Waals surface area contributed by atoms with Crippen molar-refractivity contribution >= 4 is 23.5 Å². The van der Waals surface area contributed by atoms with Crippen molar-refractivity contribution < 1.29 is 37.4 Å². The number of para-hydroxylation sites is 1. The number of carbonyl (C=O) groups excluding carboxylic acids is 3. The first-order valence-corrected chi connectivity index (χ1v) is 15.7. The van der Waals surface area contributed by atoms with E-state index in [0.29, 0.717) is 24.5 Å². The predicted molar refractivity (Wildman–Crippen MR) is 164 cm³/mol. The number of rotatable bonds is 5. The molecular weight excluding hydrogens is 606 g/mol. The van der Waals surface area contributed by atoms with Crippen molar-refractivity contribution in [1.82, 2.24) is 20.6 Å². The summed E-state index contributed by atoms with van der Waals surface area (Å²) in [5.74, 6) is -0.299. The van der Waals surface area contributed by atoms with Gasteiger partial charge >= 0.3 is 5.97 Å². The molecule has 2 amide bonds. The van der Waals surface area contributed by atoms with E-state index in [1.165, 1.54) is 13.4 Å². The van der Waals surface area contributed by atoms with E-state index in [0.717, 1.165) is 28.8 Å². The van der Waals surface area contributed by atoms with E-state index in [1.807, 2.05) is 56.3 Å². The van der Waals surface area contributed by atoms with Crippen LogP contribution in [0.3, 0.4) is 0 Å². The minimum Gasteiger partial charge on any atom is -0.469 e. The van der Waals surface area contributed by atoms with E-state index in [2.05, 4.69) is 20.9 Å². The number of oxazole rings is 2. The van der Waals surface area contributed by atoms with Crippen molar-refractivity contribution in [1.29, 1.82) is 0 Å². The van der Waals surface area contributed by atoms with Gasteiger partial charge in [-0.15, -0.1) is 0 Å². The maximum absolute atomic E-state index is 14.0. The van der Waals surface area contributed by atoms with Gasteiger partial charge in [-0.3, -0.25) is 9.59 Å². The van der Waals surface area contributed by atoms with Crippen molar-refractivity contribution in [2.45, 2.75) is 62.9 Å². The first-order valence-electron chi connectivity index (χ1n) is 15.7. The Hall–Kier alpha value is -5.17. The number of fused-ring (bicyclic) bond motifs is 4. The molecule has 0 radical (unpaired) electrons. The summed E-state index contributed by atoms with van der Waals surface area (Å²) in [5.41, 5.74) is 2.48. The Morgan fingerprint density at radius 1 is 1.11 bits per heavy atom. The Labute approximate surface area is 269 Å². The van der Waals surface area contributed by atoms with Crippen LogP contribution in [-0.2, 0) is 30.9 Å². The second-order valence-corrected chi connectivity index (χ2v) is 12.6. The Bertz CT molecular complexity index is 1910. The molecule has 5 atom stereocenters. The van der Waals surface area contributed by atoms with Crippen molar-refractivity contribution in [3.8, 4) is 17.3 Å². The minimum absolute atomic E-state index is 0.0289. The van der Waals surface area contributed by atoms with Crippen LogP contribution in [0, 0.1) is 5.92 Å². The molecule has 13 nitrogen and oxygen atoms in total. The molecule has 4 aromatic rings. The maximum Gasteiger partial charge on any atom is 0.360 e. The molecule has 4 aliphatic rings. The topological polar surface area (TPSA) is 167 Å². The number of aromatic nitrogens is 2. The molecule has 6 heterocycles. The molecule has 47 heavy (non-hydrogen) atoms. The lowest BCUT2D eigenvalue weighted by atomic mass is 9.72. The number of hydrogen-bond donors (Lipinski definition) is 3. The van der Waals surface area contributed by atoms with Crippen molar-refractivity contribution in [2.75, 3.05) is 19.0 Å². The summed E-state index contributed by atoms with van der Waals surface area (Å²) in [4.78, 5) is 48.9. The van der Waals surface area contributed by atoms with E-state index in [9.17, 15) is 14.4 Å². The largest absolute Gasteiger partial charge is 0.469 e. The van der Waals surface area contributed by atoms with Gasteiger partial charge in [0.2, 0.25) is 23.6 Å². The number of hydrogen-bond acceptors (Lipinski definition) is 11. The molecule has 242 valence electrons. The number of carbonyl (C=O) groups is 3. The highest BCUT2D eigenvalue weighted by atomic mass is 16.5. The van der Waals surface area contributed by atoms with Crippen LogP contribution in [0.25, 0.3) is 11.6 Å². The molecule has 2 aromatic carbocycles. The molecule has 1 unspecified atom stereocenters. The number of nitrogens with one attached hydrogen (secondary N) is 3. The van der Waals surface area contributed by atoms with Crippen LogP contribution in [0.1, 0.15) is 71.6 Å². The quantitative estimate of drug-likeness (QED) is 0.273. The lowest BCUT2D eigenvalue weighted by Crippen LogP contribution is -2.51. The lowest BCUT2D eigenvalue weighted by molar-refractivity contribution is -0.135. The van der Waals surface area contributed by atoms with Gasteiger partial charge in [0.15, 0.2) is 23.4 Å². The number of ether oxygens (including phenoxy) is 3. The van der Waals surface area contributed by atoms with Crippen LogP contribution in [0.5, 0.6) is 5.75 Å². The summed E-state index contributed by atoms with van der Waals surface area (Å²) in [6.07, 6.45) is 1.58. The zero-order valence-corrected chi connectivity index (χ0v) is 26.0. The number of esters is 1. The highest BCUT2D eigenvalue weighted by Crippen LogP contribution is 2.59. The number of nitrogens with zero attached hydrogens (tertiary/aromatic N) is 2. The monoisotopic (exact) mass is 639 g/mol. The van der Waals surface area contributed by atoms with Gasteiger partial charge in [-0.2, -0.15) is 0 Å². The third-order valence-electron chi connectivity index (χ3n) is 9.37. The summed E-state index contributed by atoms with van der Waals surface area (Å²) < 4.78 is 29.7. The maximum atomic E-state index is 14.0. The van der Waals surface area contributed by atoms with Crippen molar-refractivity contribution in [3.05, 3.63) is 82.8 Å². The number of amides is 2. The predicted octanol–water partition coefficient (Wildman–Crippen LogP) is 3.63. The number of benzene rings is 2. The van der Waals surface area contributed by atoms with Gasteiger partial charge in [-0.1, -0.05) is 44.2 Å². The Balaban J connectivity index is 1.35. The Morgan fingerprint density at radius 2 is 1.96 bits per heavy atom. The molecule has 0 saturated carbocycles. The summed E-state index contributed by atoms with van der Waals surface area (Å²) in [7, 11) is 1.26. The average molecular weight is 640 g/mol. The first-order chi connectivity index (χ1) is 22.8. The van der Waals surface area contributed by atoms with Crippen LogP contribution >= 0.6 is 0 Å². The fraction of sp³-hybridized carbons (Fsp3) is 0.382. The van der Waals surface area contributed by atoms with Crippen LogP contribution < -0.4 is 20.7 Å². The SMILES string of the molecule is COC(=O)c1coc(-c2nc3oc2[C@@]24c5ccccc5NC2Oc2ccc(cc24)C[C@H](NC(=O)[C@@H]2CCCO2)C(=O)N[C@H]3C(C)C)n1. The van der Waals surface area contributed by atoms with Gasteiger partial charge in [-0.05, 0) is 42.0 Å². The summed E-state index contributed by atoms with van der Waals surface area (Å²) in [6.45, 7) is 4.38. The fourth-order valence-electron chi connectivity index (χ4n) is 7.08. The number of anilines is 1. The van der Waals surface area contributed by atoms with Crippen LogP contribution in [0.15, 0.2) is 57.6 Å². The molecule has 0 aliphatic carbocycles. The minimum atomic E-state index is -1.07. The number of methoxy groups -OCH3 is 1. The van der Waals surface area contributed by atoms with E-state index in [-0.39, 0.29) is 41.4 Å². The van der Waals surface area contributed by atoms with Crippen LogP contribution in [-0.4, -0.2) is 59.8 Å². The molecule has 3 N–H and O–H groups in total. The van der Waals surface area contributed by atoms with Gasteiger partial charge in [-0.25, -0.2) is 14.8 Å². The van der Waals surface area contributed by atoms with Gasteiger partial charge in [0.1, 0.15) is 35.6 Å². The third-order valence-corrected chi connectivity index (χ3v) is 9.37. The Morgan fingerprint density at radius 3 is 2.74 bits per heavy atom. The second-order valence-electron chi connectivity index (χ2n) is 12.6. The van der Waals surface area contributed by atoms with Crippen LogP contribution in [0.4, 0.5) is 5.69 Å². The molecule has 4 bridgehead atoms. The fourth-order valence-corrected chi connectivity index (χ4v) is 7.08. The van der Waals surface area contributed by atoms with Gasteiger partial charge in [0.25, 0.3) is 0 Å². The molecule has 1 fully saturated rings. The van der Waals surface area contributed by atoms with E-state index in [4.69, 9.17) is 28.0 Å². The zero-order valence-electron chi connectivity index (χ0n) is 26.0. The molecule has 1 spiro atoms. The van der Waals surface area contributed by atoms with Gasteiger partial charge < -0.3 is 39.0 Å². The molecule has 2 aromatic heterocycles. The normalized spacial score (nSPS) is 25.5. The molecule has 1 saturated heterocycles. The van der Waals surface area contributed by atoms with Crippen molar-refractivity contribution in [3.63, 3.8) is 0 Å². The van der Waals surface area contributed by atoms with E-state index < -0.39 is 41.7 Å². The molecule has 13 heteroatoms.